The van der Waals surface area contributed by atoms with E-state index in [4.69, 9.17) is 4.74 Å². The molecule has 2 heterocycles. The Morgan fingerprint density at radius 1 is 1.26 bits per heavy atom. The van der Waals surface area contributed by atoms with E-state index in [2.05, 4.69) is 0 Å². The van der Waals surface area contributed by atoms with Crippen LogP contribution >= 0.6 is 0 Å². The number of fused-ring (bicyclic) bond motifs is 1. The van der Waals surface area contributed by atoms with Gasteiger partial charge in [-0.25, -0.2) is 4.79 Å². The zero-order chi connectivity index (χ0) is 14.7. The molecule has 0 atom stereocenters. The summed E-state index contributed by atoms with van der Waals surface area (Å²) in [6.07, 6.45) is -5.74. The summed E-state index contributed by atoms with van der Waals surface area (Å²) >= 11 is 0. The molecule has 19 heavy (non-hydrogen) atoms. The Morgan fingerprint density at radius 2 is 1.79 bits per heavy atom. The van der Waals surface area contributed by atoms with E-state index >= 15 is 0 Å². The van der Waals surface area contributed by atoms with Crippen molar-refractivity contribution in [3.05, 3.63) is 0 Å². The van der Waals surface area contributed by atoms with E-state index in [0.717, 1.165) is 0 Å². The average Bonchev–Trinajstić information content (AvgIpc) is 2.63. The zero-order valence-corrected chi connectivity index (χ0v) is 11.0. The Kier molecular flexibility index (Phi) is 2.71. The monoisotopic (exact) mass is 279 g/mol. The van der Waals surface area contributed by atoms with Crippen LogP contribution in [0.3, 0.4) is 0 Å². The fourth-order valence-corrected chi connectivity index (χ4v) is 2.91. The van der Waals surface area contributed by atoms with E-state index in [1.807, 2.05) is 0 Å². The van der Waals surface area contributed by atoms with Crippen LogP contribution in [0.5, 0.6) is 0 Å². The fraction of sp³-hybridized carbons (Fsp3) is 0.833. The third-order valence-corrected chi connectivity index (χ3v) is 3.67. The first-order valence-corrected chi connectivity index (χ1v) is 5.98. The highest BCUT2D eigenvalue weighted by molar-refractivity contribution is 5.76. The van der Waals surface area contributed by atoms with Gasteiger partial charge < -0.3 is 9.53 Å². The molecule has 3 rings (SSSR count). The van der Waals surface area contributed by atoms with Crippen molar-refractivity contribution in [2.75, 3.05) is 6.54 Å². The summed E-state index contributed by atoms with van der Waals surface area (Å²) in [7, 11) is 0. The van der Waals surface area contributed by atoms with E-state index in [-0.39, 0.29) is 19.4 Å². The van der Waals surface area contributed by atoms with Crippen molar-refractivity contribution < 1.29 is 27.5 Å². The van der Waals surface area contributed by atoms with Gasteiger partial charge in [-0.2, -0.15) is 13.2 Å². The lowest BCUT2D eigenvalue weighted by Crippen LogP contribution is -2.61. The van der Waals surface area contributed by atoms with E-state index in [9.17, 15) is 22.8 Å². The third kappa shape index (κ3) is 1.99. The Bertz CT molecular complexity index is 419. The molecule has 0 aromatic rings. The predicted molar refractivity (Wildman–Crippen MR) is 59.5 cm³/mol. The number of aldehydes is 1. The summed E-state index contributed by atoms with van der Waals surface area (Å²) in [5, 5.41) is 0. The van der Waals surface area contributed by atoms with Crippen molar-refractivity contribution in [3.8, 4) is 0 Å². The molecule has 1 amide bonds. The summed E-state index contributed by atoms with van der Waals surface area (Å²) < 4.78 is 44.5. The van der Waals surface area contributed by atoms with Gasteiger partial charge in [0.15, 0.2) is 0 Å². The highest BCUT2D eigenvalue weighted by atomic mass is 19.4. The molecule has 0 aromatic heterocycles. The Balaban J connectivity index is 2.26. The lowest BCUT2D eigenvalue weighted by atomic mass is 9.62. The molecule has 0 unspecified atom stereocenters. The van der Waals surface area contributed by atoms with E-state index in [0.29, 0.717) is 11.2 Å². The van der Waals surface area contributed by atoms with Gasteiger partial charge in [-0.15, -0.1) is 0 Å². The van der Waals surface area contributed by atoms with Gasteiger partial charge in [0.05, 0.1) is 0 Å². The normalized spacial score (nSPS) is 33.9. The van der Waals surface area contributed by atoms with Crippen LogP contribution in [0.15, 0.2) is 0 Å². The lowest BCUT2D eigenvalue weighted by molar-refractivity contribution is -0.239. The number of halogens is 3. The van der Waals surface area contributed by atoms with Gasteiger partial charge in [-0.05, 0) is 33.6 Å². The minimum absolute atomic E-state index is 0.217. The van der Waals surface area contributed by atoms with Crippen molar-refractivity contribution in [2.45, 2.75) is 50.9 Å². The molecule has 1 saturated carbocycles. The van der Waals surface area contributed by atoms with Gasteiger partial charge in [0.1, 0.15) is 17.4 Å². The number of ether oxygens (including phenoxy) is 1. The second-order valence-corrected chi connectivity index (χ2v) is 6.43. The zero-order valence-electron chi connectivity index (χ0n) is 11.0. The molecule has 108 valence electrons. The highest BCUT2D eigenvalue weighted by Crippen LogP contribution is 2.64. The van der Waals surface area contributed by atoms with Crippen molar-refractivity contribution in [2.24, 2.45) is 5.41 Å². The van der Waals surface area contributed by atoms with Gasteiger partial charge >= 0.3 is 12.3 Å². The maximum absolute atomic E-state index is 13.2. The fourth-order valence-electron chi connectivity index (χ4n) is 2.91. The third-order valence-electron chi connectivity index (χ3n) is 3.67. The smallest absolute Gasteiger partial charge is 0.411 e. The SMILES string of the molecule is CC(C)(C)OC(=O)N1CC2(C=O)CC1(C(F)(F)F)C2. The van der Waals surface area contributed by atoms with Crippen molar-refractivity contribution in [3.63, 3.8) is 0 Å². The van der Waals surface area contributed by atoms with E-state index < -0.39 is 28.8 Å². The minimum Gasteiger partial charge on any atom is -0.444 e. The average molecular weight is 279 g/mol. The van der Waals surface area contributed by atoms with Gasteiger partial charge in [-0.3, -0.25) is 4.90 Å². The summed E-state index contributed by atoms with van der Waals surface area (Å²) in [5.74, 6) is 0. The number of carbonyl (C=O) groups is 2. The molecule has 0 spiro atoms. The number of alkyl halides is 3. The Labute approximate surface area is 108 Å². The lowest BCUT2D eigenvalue weighted by Gasteiger charge is -2.46. The van der Waals surface area contributed by atoms with Crippen molar-refractivity contribution >= 4 is 12.4 Å². The molecular formula is C12H16F3NO3. The van der Waals surface area contributed by atoms with E-state index in [1.54, 1.807) is 20.8 Å². The number of carbonyl (C=O) groups excluding carboxylic acids is 2. The Hall–Kier alpha value is -1.27. The van der Waals surface area contributed by atoms with Crippen molar-refractivity contribution in [1.29, 1.82) is 0 Å². The van der Waals surface area contributed by atoms with Crippen LogP contribution in [-0.2, 0) is 9.53 Å². The van der Waals surface area contributed by atoms with Crippen LogP contribution in [0, 0.1) is 5.41 Å². The second kappa shape index (κ2) is 3.64. The van der Waals surface area contributed by atoms with Crippen LogP contribution < -0.4 is 0 Å². The van der Waals surface area contributed by atoms with Crippen LogP contribution in [0.4, 0.5) is 18.0 Å². The molecule has 3 fully saturated rings. The second-order valence-electron chi connectivity index (χ2n) is 6.43. The summed E-state index contributed by atoms with van der Waals surface area (Å²) in [5.41, 5.74) is -4.14. The quantitative estimate of drug-likeness (QED) is 0.693. The molecule has 4 nitrogen and oxygen atoms in total. The van der Waals surface area contributed by atoms with Crippen LogP contribution in [0.1, 0.15) is 33.6 Å². The molecular weight excluding hydrogens is 263 g/mol. The molecule has 7 heteroatoms. The van der Waals surface area contributed by atoms with Gasteiger partial charge in [0, 0.05) is 12.0 Å². The van der Waals surface area contributed by atoms with Gasteiger partial charge in [-0.1, -0.05) is 0 Å². The van der Waals surface area contributed by atoms with Gasteiger partial charge in [0.2, 0.25) is 0 Å². The first-order chi connectivity index (χ1) is 8.45. The maximum Gasteiger partial charge on any atom is 0.411 e. The van der Waals surface area contributed by atoms with Crippen LogP contribution in [0.2, 0.25) is 0 Å². The number of nitrogens with zero attached hydrogens (tertiary/aromatic N) is 1. The number of hydrogen-bond acceptors (Lipinski definition) is 3. The molecule has 2 saturated heterocycles. The molecule has 0 aromatic carbocycles. The number of amides is 1. The predicted octanol–water partition coefficient (Wildman–Crippen LogP) is 2.52. The van der Waals surface area contributed by atoms with Crippen LogP contribution in [-0.4, -0.2) is 41.1 Å². The molecule has 3 aliphatic rings. The maximum atomic E-state index is 13.2. The minimum atomic E-state index is -4.55. The summed E-state index contributed by atoms with van der Waals surface area (Å²) in [4.78, 5) is 23.5. The largest absolute Gasteiger partial charge is 0.444 e. The molecule has 1 aliphatic carbocycles. The van der Waals surface area contributed by atoms with Crippen LogP contribution in [0.25, 0.3) is 0 Å². The molecule has 2 bridgehead atoms. The molecule has 0 N–H and O–H groups in total. The number of hydrogen-bond donors (Lipinski definition) is 0. The number of rotatable bonds is 1. The molecule has 0 radical (unpaired) electrons. The molecule has 2 aliphatic heterocycles. The first kappa shape index (κ1) is 14.1. The van der Waals surface area contributed by atoms with E-state index in [1.165, 1.54) is 0 Å². The first-order valence-electron chi connectivity index (χ1n) is 5.98. The van der Waals surface area contributed by atoms with Gasteiger partial charge in [0.25, 0.3) is 0 Å². The summed E-state index contributed by atoms with van der Waals surface area (Å²) in [6.45, 7) is 4.54. The standard InChI is InChI=1S/C12H16F3NO3/c1-9(2,3)19-8(18)16-6-10(7-17)4-11(16,5-10)12(13,14)15/h7H,4-6H2,1-3H3. The Morgan fingerprint density at radius 3 is 2.16 bits per heavy atom. The van der Waals surface area contributed by atoms with Crippen molar-refractivity contribution in [1.82, 2.24) is 4.90 Å². The topological polar surface area (TPSA) is 46.6 Å². The highest BCUT2D eigenvalue weighted by Gasteiger charge is 2.77. The summed E-state index contributed by atoms with van der Waals surface area (Å²) in [6, 6.07) is 0.